The standard InChI is InChI=1S/C11H13N2/c1-12-8-11(13(2)9-12)10-6-4-3-5-7-10/h3-9H,1-2H3/q+1. The van der Waals surface area contributed by atoms with Crippen LogP contribution in [0.15, 0.2) is 42.9 Å². The molecule has 0 atom stereocenters. The van der Waals surface area contributed by atoms with Crippen LogP contribution in [0.2, 0.25) is 0 Å². The SMILES string of the molecule is Cn1c[n+](C)cc1-c1ccccc1. The molecule has 2 aromatic rings. The average Bonchev–Trinajstić information content (AvgIpc) is 2.47. The highest BCUT2D eigenvalue weighted by molar-refractivity contribution is 5.57. The average molecular weight is 173 g/mol. The summed E-state index contributed by atoms with van der Waals surface area (Å²) in [6.07, 6.45) is 4.18. The Morgan fingerprint density at radius 2 is 1.85 bits per heavy atom. The van der Waals surface area contributed by atoms with Crippen molar-refractivity contribution >= 4 is 0 Å². The number of benzene rings is 1. The fraction of sp³-hybridized carbons (Fsp3) is 0.182. The van der Waals surface area contributed by atoms with E-state index in [0.29, 0.717) is 0 Å². The van der Waals surface area contributed by atoms with Crippen LogP contribution in [0.25, 0.3) is 11.3 Å². The summed E-state index contributed by atoms with van der Waals surface area (Å²) in [5.74, 6) is 0. The van der Waals surface area contributed by atoms with E-state index in [1.54, 1.807) is 0 Å². The zero-order chi connectivity index (χ0) is 9.26. The van der Waals surface area contributed by atoms with Crippen molar-refractivity contribution in [2.24, 2.45) is 14.1 Å². The van der Waals surface area contributed by atoms with Crippen LogP contribution in [0.4, 0.5) is 0 Å². The van der Waals surface area contributed by atoms with Gasteiger partial charge in [-0.15, -0.1) is 0 Å². The third kappa shape index (κ3) is 1.47. The quantitative estimate of drug-likeness (QED) is 0.578. The number of aromatic nitrogens is 2. The Labute approximate surface area is 78.1 Å². The molecule has 0 bridgehead atoms. The first-order valence-electron chi connectivity index (χ1n) is 4.34. The monoisotopic (exact) mass is 173 g/mol. The number of rotatable bonds is 1. The maximum atomic E-state index is 2.12. The number of imidazole rings is 1. The van der Waals surface area contributed by atoms with Crippen LogP contribution in [-0.2, 0) is 14.1 Å². The molecular weight excluding hydrogens is 160 g/mol. The molecular formula is C11H13N2+. The van der Waals surface area contributed by atoms with E-state index < -0.39 is 0 Å². The Morgan fingerprint density at radius 3 is 2.38 bits per heavy atom. The van der Waals surface area contributed by atoms with Gasteiger partial charge in [0.1, 0.15) is 6.20 Å². The van der Waals surface area contributed by atoms with Gasteiger partial charge in [0.25, 0.3) is 0 Å². The Hall–Kier alpha value is -1.57. The largest absolute Gasteiger partial charge is 0.243 e. The van der Waals surface area contributed by atoms with Gasteiger partial charge in [0.15, 0.2) is 5.69 Å². The maximum absolute atomic E-state index is 2.12. The normalized spacial score (nSPS) is 10.3. The second kappa shape index (κ2) is 3.05. The molecule has 2 rings (SSSR count). The third-order valence-corrected chi connectivity index (χ3v) is 2.13. The van der Waals surface area contributed by atoms with Crippen molar-refractivity contribution < 1.29 is 4.57 Å². The van der Waals surface area contributed by atoms with Gasteiger partial charge in [0, 0.05) is 5.56 Å². The van der Waals surface area contributed by atoms with E-state index in [4.69, 9.17) is 0 Å². The van der Waals surface area contributed by atoms with Crippen molar-refractivity contribution in [3.63, 3.8) is 0 Å². The van der Waals surface area contributed by atoms with Crippen molar-refractivity contribution in [1.82, 2.24) is 4.57 Å². The van der Waals surface area contributed by atoms with Crippen molar-refractivity contribution in [3.8, 4) is 11.3 Å². The highest BCUT2D eigenvalue weighted by Gasteiger charge is 2.08. The van der Waals surface area contributed by atoms with Crippen molar-refractivity contribution in [2.45, 2.75) is 0 Å². The predicted molar refractivity (Wildman–Crippen MR) is 52.0 cm³/mol. The van der Waals surface area contributed by atoms with Crippen LogP contribution >= 0.6 is 0 Å². The van der Waals surface area contributed by atoms with E-state index in [1.807, 2.05) is 13.1 Å². The lowest BCUT2D eigenvalue weighted by Crippen LogP contribution is -2.23. The van der Waals surface area contributed by atoms with Crippen molar-refractivity contribution in [3.05, 3.63) is 42.9 Å². The topological polar surface area (TPSA) is 8.81 Å². The van der Waals surface area contributed by atoms with Crippen LogP contribution < -0.4 is 4.57 Å². The smallest absolute Gasteiger partial charge is 0.239 e. The lowest BCUT2D eigenvalue weighted by atomic mass is 10.2. The van der Waals surface area contributed by atoms with Gasteiger partial charge in [-0.05, 0) is 0 Å². The van der Waals surface area contributed by atoms with E-state index in [2.05, 4.69) is 53.0 Å². The Kier molecular flexibility index (Phi) is 1.89. The number of hydrogen-bond acceptors (Lipinski definition) is 0. The van der Waals surface area contributed by atoms with Gasteiger partial charge >= 0.3 is 0 Å². The molecule has 2 nitrogen and oxygen atoms in total. The minimum Gasteiger partial charge on any atom is -0.239 e. The van der Waals surface area contributed by atoms with E-state index in [0.717, 1.165) is 0 Å². The van der Waals surface area contributed by atoms with Gasteiger partial charge in [-0.3, -0.25) is 0 Å². The van der Waals surface area contributed by atoms with Crippen molar-refractivity contribution in [2.75, 3.05) is 0 Å². The molecule has 1 aromatic carbocycles. The fourth-order valence-electron chi connectivity index (χ4n) is 1.54. The van der Waals surface area contributed by atoms with E-state index in [9.17, 15) is 0 Å². The second-order valence-corrected chi connectivity index (χ2v) is 3.27. The summed E-state index contributed by atoms with van der Waals surface area (Å²) in [6.45, 7) is 0. The van der Waals surface area contributed by atoms with E-state index in [-0.39, 0.29) is 0 Å². The minimum absolute atomic E-state index is 1.24. The lowest BCUT2D eigenvalue weighted by Gasteiger charge is -1.94. The molecule has 0 radical (unpaired) electrons. The van der Waals surface area contributed by atoms with Crippen molar-refractivity contribution in [1.29, 1.82) is 0 Å². The highest BCUT2D eigenvalue weighted by atomic mass is 15.1. The summed E-state index contributed by atoms with van der Waals surface area (Å²) < 4.78 is 4.18. The second-order valence-electron chi connectivity index (χ2n) is 3.27. The Morgan fingerprint density at radius 1 is 1.15 bits per heavy atom. The molecule has 0 aliphatic heterocycles. The molecule has 0 saturated carbocycles. The minimum atomic E-state index is 1.24. The molecule has 0 aliphatic rings. The lowest BCUT2D eigenvalue weighted by molar-refractivity contribution is -0.670. The summed E-state index contributed by atoms with van der Waals surface area (Å²) >= 11 is 0. The summed E-state index contributed by atoms with van der Waals surface area (Å²) in [4.78, 5) is 0. The fourth-order valence-corrected chi connectivity index (χ4v) is 1.54. The van der Waals surface area contributed by atoms with Gasteiger partial charge in [0.05, 0.1) is 14.1 Å². The van der Waals surface area contributed by atoms with E-state index >= 15 is 0 Å². The molecule has 0 N–H and O–H groups in total. The molecule has 0 fully saturated rings. The first-order chi connectivity index (χ1) is 6.27. The maximum Gasteiger partial charge on any atom is 0.243 e. The molecule has 2 heteroatoms. The number of hydrogen-bond donors (Lipinski definition) is 0. The van der Waals surface area contributed by atoms with Crippen LogP contribution in [0, 0.1) is 0 Å². The molecule has 66 valence electrons. The summed E-state index contributed by atoms with van der Waals surface area (Å²) in [7, 11) is 4.09. The molecule has 0 spiro atoms. The van der Waals surface area contributed by atoms with Crippen LogP contribution in [-0.4, -0.2) is 4.57 Å². The van der Waals surface area contributed by atoms with Gasteiger partial charge < -0.3 is 0 Å². The van der Waals surface area contributed by atoms with Gasteiger partial charge in [-0.25, -0.2) is 9.13 Å². The zero-order valence-electron chi connectivity index (χ0n) is 7.94. The van der Waals surface area contributed by atoms with Crippen LogP contribution in [0.5, 0.6) is 0 Å². The Balaban J connectivity index is 2.53. The molecule has 1 heterocycles. The first-order valence-corrected chi connectivity index (χ1v) is 4.34. The molecule has 0 amide bonds. The summed E-state index contributed by atoms with van der Waals surface area (Å²) in [5.41, 5.74) is 2.49. The third-order valence-electron chi connectivity index (χ3n) is 2.13. The van der Waals surface area contributed by atoms with Crippen LogP contribution in [0.3, 0.4) is 0 Å². The zero-order valence-corrected chi connectivity index (χ0v) is 7.94. The highest BCUT2D eigenvalue weighted by Crippen LogP contribution is 2.15. The predicted octanol–water partition coefficient (Wildman–Crippen LogP) is 1.52. The molecule has 0 aliphatic carbocycles. The first kappa shape index (κ1) is 8.05. The molecule has 0 saturated heterocycles. The van der Waals surface area contributed by atoms with E-state index in [1.165, 1.54) is 11.3 Å². The number of nitrogens with zero attached hydrogens (tertiary/aromatic N) is 2. The van der Waals surface area contributed by atoms with Gasteiger partial charge in [-0.1, -0.05) is 30.3 Å². The van der Waals surface area contributed by atoms with Gasteiger partial charge in [-0.2, -0.15) is 0 Å². The van der Waals surface area contributed by atoms with Crippen LogP contribution in [0.1, 0.15) is 0 Å². The molecule has 13 heavy (non-hydrogen) atoms. The van der Waals surface area contributed by atoms with Gasteiger partial charge in [0.2, 0.25) is 6.33 Å². The summed E-state index contributed by atoms with van der Waals surface area (Å²) in [5, 5.41) is 0. The number of aryl methyl sites for hydroxylation is 2. The summed E-state index contributed by atoms with van der Waals surface area (Å²) in [6, 6.07) is 10.4. The Bertz CT molecular complexity index is 401. The molecule has 1 aromatic heterocycles. The molecule has 0 unspecified atom stereocenters.